The molecule has 0 aliphatic rings. The van der Waals surface area contributed by atoms with Gasteiger partial charge in [0.05, 0.1) is 16.2 Å². The van der Waals surface area contributed by atoms with E-state index < -0.39 is 4.92 Å². The van der Waals surface area contributed by atoms with E-state index in [2.05, 4.69) is 4.99 Å². The zero-order valence-electron chi connectivity index (χ0n) is 7.15. The second-order valence-electron chi connectivity index (χ2n) is 2.50. The third-order valence-corrected chi connectivity index (χ3v) is 2.01. The molecule has 0 unspecified atom stereocenters. The van der Waals surface area contributed by atoms with Crippen LogP contribution in [-0.2, 0) is 4.79 Å². The molecule has 0 fully saturated rings. The van der Waals surface area contributed by atoms with Crippen molar-refractivity contribution in [3.8, 4) is 0 Å². The largest absolute Gasteiger partial charge is 0.292 e. The minimum Gasteiger partial charge on any atom is -0.258 e. The quantitative estimate of drug-likeness (QED) is 0.327. The predicted octanol–water partition coefficient (Wildman–Crippen LogP) is 2.52. The highest BCUT2D eigenvalue weighted by atomic mass is 35.5. The molecule has 5 nitrogen and oxygen atoms in total. The topological polar surface area (TPSA) is 72.6 Å². The van der Waals surface area contributed by atoms with E-state index in [1.54, 1.807) is 0 Å². The number of carbonyl (C=O) groups excluding carboxylic acids is 1. The second-order valence-corrected chi connectivity index (χ2v) is 2.91. The first kappa shape index (κ1) is 10.4. The Bertz CT molecular complexity index is 438. The molecule has 0 aliphatic heterocycles. The van der Waals surface area contributed by atoms with Crippen LogP contribution >= 0.6 is 11.6 Å². The molecular formula is C8H5ClN2O3. The van der Waals surface area contributed by atoms with Crippen LogP contribution in [0.15, 0.2) is 17.1 Å². The van der Waals surface area contributed by atoms with E-state index in [0.717, 1.165) is 0 Å². The Labute approximate surface area is 84.2 Å². The Morgan fingerprint density at radius 1 is 1.57 bits per heavy atom. The molecular weight excluding hydrogens is 208 g/mol. The molecule has 0 saturated carbocycles. The number of isocyanates is 1. The van der Waals surface area contributed by atoms with Crippen LogP contribution in [0.1, 0.15) is 5.56 Å². The van der Waals surface area contributed by atoms with Crippen molar-refractivity contribution in [3.63, 3.8) is 0 Å². The fraction of sp³-hybridized carbons (Fsp3) is 0.125. The van der Waals surface area contributed by atoms with Gasteiger partial charge in [-0.15, -0.1) is 0 Å². The molecule has 14 heavy (non-hydrogen) atoms. The summed E-state index contributed by atoms with van der Waals surface area (Å²) in [7, 11) is 0. The summed E-state index contributed by atoms with van der Waals surface area (Å²) in [6.07, 6.45) is 1.32. The molecule has 1 aromatic rings. The molecule has 0 aromatic heterocycles. The number of nitrogens with zero attached hydrogens (tertiary/aromatic N) is 2. The van der Waals surface area contributed by atoms with Gasteiger partial charge < -0.3 is 0 Å². The number of halogens is 1. The van der Waals surface area contributed by atoms with Crippen molar-refractivity contribution in [2.24, 2.45) is 4.99 Å². The first-order valence-electron chi connectivity index (χ1n) is 3.59. The molecule has 0 radical (unpaired) electrons. The summed E-state index contributed by atoms with van der Waals surface area (Å²) < 4.78 is 0. The molecule has 0 spiro atoms. The minimum absolute atomic E-state index is 0.0253. The van der Waals surface area contributed by atoms with Gasteiger partial charge in [-0.1, -0.05) is 11.6 Å². The van der Waals surface area contributed by atoms with E-state index in [-0.39, 0.29) is 22.0 Å². The maximum atomic E-state index is 10.6. The zero-order chi connectivity index (χ0) is 10.7. The number of nitro groups is 1. The maximum absolute atomic E-state index is 10.6. The third kappa shape index (κ3) is 1.79. The molecule has 0 aliphatic carbocycles. The Balaban J connectivity index is 3.48. The number of aliphatic imine (C=N–C) groups is 1. The van der Waals surface area contributed by atoms with Gasteiger partial charge in [-0.05, 0) is 19.1 Å². The van der Waals surface area contributed by atoms with Gasteiger partial charge >= 0.3 is 0 Å². The van der Waals surface area contributed by atoms with Gasteiger partial charge in [-0.25, -0.2) is 4.79 Å². The lowest BCUT2D eigenvalue weighted by atomic mass is 10.1. The highest BCUT2D eigenvalue weighted by Crippen LogP contribution is 2.33. The van der Waals surface area contributed by atoms with Gasteiger partial charge in [0, 0.05) is 0 Å². The highest BCUT2D eigenvalue weighted by molar-refractivity contribution is 6.32. The van der Waals surface area contributed by atoms with E-state index in [4.69, 9.17) is 11.6 Å². The van der Waals surface area contributed by atoms with Crippen molar-refractivity contribution in [2.75, 3.05) is 0 Å². The van der Waals surface area contributed by atoms with Crippen molar-refractivity contribution < 1.29 is 9.72 Å². The van der Waals surface area contributed by atoms with Crippen molar-refractivity contribution in [1.29, 1.82) is 0 Å². The van der Waals surface area contributed by atoms with E-state index in [9.17, 15) is 14.9 Å². The van der Waals surface area contributed by atoms with Crippen molar-refractivity contribution in [1.82, 2.24) is 0 Å². The summed E-state index contributed by atoms with van der Waals surface area (Å²) in [5, 5.41) is 10.6. The normalized spacial score (nSPS) is 9.29. The molecule has 0 atom stereocenters. The van der Waals surface area contributed by atoms with Crippen LogP contribution < -0.4 is 0 Å². The standard InChI is InChI=1S/C8H5ClN2O3/c1-5-7(10-4-12)3-2-6(9)8(5)11(13)14/h2-3H,1H3. The summed E-state index contributed by atoms with van der Waals surface area (Å²) in [5.74, 6) is 0. The monoisotopic (exact) mass is 212 g/mol. The van der Waals surface area contributed by atoms with Crippen molar-refractivity contribution in [3.05, 3.63) is 32.8 Å². The first-order chi connectivity index (χ1) is 6.57. The van der Waals surface area contributed by atoms with Crippen LogP contribution in [-0.4, -0.2) is 11.0 Å². The molecule has 1 aromatic carbocycles. The van der Waals surface area contributed by atoms with E-state index >= 15 is 0 Å². The maximum Gasteiger partial charge on any atom is 0.292 e. The van der Waals surface area contributed by atoms with Gasteiger partial charge in [0.15, 0.2) is 0 Å². The number of rotatable bonds is 2. The van der Waals surface area contributed by atoms with Crippen molar-refractivity contribution >= 4 is 29.1 Å². The molecule has 0 amide bonds. The van der Waals surface area contributed by atoms with E-state index in [1.165, 1.54) is 25.1 Å². The fourth-order valence-corrected chi connectivity index (χ4v) is 1.32. The third-order valence-electron chi connectivity index (χ3n) is 1.70. The van der Waals surface area contributed by atoms with Crippen LogP contribution in [0.5, 0.6) is 0 Å². The van der Waals surface area contributed by atoms with Gasteiger partial charge in [0.25, 0.3) is 5.69 Å². The predicted molar refractivity (Wildman–Crippen MR) is 50.6 cm³/mol. The molecule has 72 valence electrons. The molecule has 1 rings (SSSR count). The Morgan fingerprint density at radius 3 is 2.71 bits per heavy atom. The second kappa shape index (κ2) is 4.00. The van der Waals surface area contributed by atoms with Crippen LogP contribution in [0.4, 0.5) is 11.4 Å². The SMILES string of the molecule is Cc1c(N=C=O)ccc(Cl)c1[N+](=O)[O-]. The summed E-state index contributed by atoms with van der Waals surface area (Å²) in [4.78, 5) is 23.3. The Hall–Kier alpha value is -1.71. The summed E-state index contributed by atoms with van der Waals surface area (Å²) >= 11 is 5.61. The first-order valence-corrected chi connectivity index (χ1v) is 3.97. The van der Waals surface area contributed by atoms with Gasteiger partial charge in [0.1, 0.15) is 5.02 Å². The fourth-order valence-electron chi connectivity index (χ4n) is 1.05. The highest BCUT2D eigenvalue weighted by Gasteiger charge is 2.18. The van der Waals surface area contributed by atoms with Crippen LogP contribution in [0.2, 0.25) is 5.02 Å². The molecule has 0 saturated heterocycles. The summed E-state index contributed by atoms with van der Waals surface area (Å²) in [6, 6.07) is 2.75. The van der Waals surface area contributed by atoms with E-state index in [1.807, 2.05) is 0 Å². The molecule has 0 bridgehead atoms. The van der Waals surface area contributed by atoms with Crippen LogP contribution in [0.3, 0.4) is 0 Å². The minimum atomic E-state index is -0.610. The average molecular weight is 213 g/mol. The number of nitro benzene ring substituents is 1. The number of benzene rings is 1. The zero-order valence-corrected chi connectivity index (χ0v) is 7.91. The number of hydrogen-bond donors (Lipinski definition) is 0. The lowest BCUT2D eigenvalue weighted by molar-refractivity contribution is -0.385. The lowest BCUT2D eigenvalue weighted by Crippen LogP contribution is -1.92. The number of hydrogen-bond acceptors (Lipinski definition) is 4. The smallest absolute Gasteiger partial charge is 0.258 e. The van der Waals surface area contributed by atoms with E-state index in [0.29, 0.717) is 0 Å². The van der Waals surface area contributed by atoms with Gasteiger partial charge in [0.2, 0.25) is 6.08 Å². The molecule has 0 heterocycles. The Kier molecular flexibility index (Phi) is 2.96. The van der Waals surface area contributed by atoms with Gasteiger partial charge in [-0.3, -0.25) is 10.1 Å². The van der Waals surface area contributed by atoms with Crippen molar-refractivity contribution in [2.45, 2.75) is 6.92 Å². The van der Waals surface area contributed by atoms with Gasteiger partial charge in [-0.2, -0.15) is 4.99 Å². The molecule has 6 heteroatoms. The van der Waals surface area contributed by atoms with Crippen LogP contribution in [0, 0.1) is 17.0 Å². The summed E-state index contributed by atoms with van der Waals surface area (Å²) in [6.45, 7) is 1.47. The van der Waals surface area contributed by atoms with Crippen LogP contribution in [0.25, 0.3) is 0 Å². The summed E-state index contributed by atoms with van der Waals surface area (Å²) in [5.41, 5.74) is 0.227. The molecule has 0 N–H and O–H groups in total. The lowest BCUT2D eigenvalue weighted by Gasteiger charge is -2.01. The Morgan fingerprint density at radius 2 is 2.21 bits per heavy atom. The average Bonchev–Trinajstić information content (AvgIpc) is 2.10.